The molecule has 2 unspecified atom stereocenters. The molecule has 1 N–H and O–H groups in total. The minimum Gasteiger partial charge on any atom is -0.348 e. The van der Waals surface area contributed by atoms with Crippen molar-refractivity contribution in [2.45, 2.75) is 42.7 Å². The van der Waals surface area contributed by atoms with Gasteiger partial charge in [-0.05, 0) is 48.9 Å². The second kappa shape index (κ2) is 6.85. The molecular formula is C20H22N2O3S. The van der Waals surface area contributed by atoms with Gasteiger partial charge in [-0.15, -0.1) is 0 Å². The molecule has 0 bridgehead atoms. The molecule has 1 aliphatic heterocycles. The number of benzene rings is 2. The Balaban J connectivity index is 1.53. The summed E-state index contributed by atoms with van der Waals surface area (Å²) in [4.78, 5) is 13.1. The monoisotopic (exact) mass is 370 g/mol. The normalized spacial score (nSPS) is 22.9. The molecule has 0 spiro atoms. The smallest absolute Gasteiger partial charge is 0.243 e. The van der Waals surface area contributed by atoms with E-state index in [1.165, 1.54) is 9.87 Å². The summed E-state index contributed by atoms with van der Waals surface area (Å²) in [5.41, 5.74) is 2.41. The predicted octanol–water partition coefficient (Wildman–Crippen LogP) is 2.64. The van der Waals surface area contributed by atoms with Crippen molar-refractivity contribution in [2.75, 3.05) is 6.54 Å². The highest BCUT2D eigenvalue weighted by atomic mass is 32.2. The van der Waals surface area contributed by atoms with Crippen LogP contribution >= 0.6 is 0 Å². The third-order valence-corrected chi connectivity index (χ3v) is 7.23. The van der Waals surface area contributed by atoms with E-state index in [0.717, 1.165) is 18.4 Å². The standard InChI is InChI=1S/C20H22N2O3S/c23-20(21-18-13-12-15-7-4-5-10-17(15)18)19-11-6-14-22(19)26(24,25)16-8-2-1-3-9-16/h1-5,7-10,18-19H,6,11-14H2,(H,21,23). The van der Waals surface area contributed by atoms with Crippen molar-refractivity contribution in [3.8, 4) is 0 Å². The Morgan fingerprint density at radius 3 is 2.54 bits per heavy atom. The summed E-state index contributed by atoms with van der Waals surface area (Å²) < 4.78 is 27.2. The van der Waals surface area contributed by atoms with Crippen LogP contribution in [0.15, 0.2) is 59.5 Å². The van der Waals surface area contributed by atoms with E-state index < -0.39 is 16.1 Å². The lowest BCUT2D eigenvalue weighted by molar-refractivity contribution is -0.125. The molecule has 5 nitrogen and oxygen atoms in total. The van der Waals surface area contributed by atoms with Crippen molar-refractivity contribution in [3.63, 3.8) is 0 Å². The first-order valence-electron chi connectivity index (χ1n) is 9.02. The average Bonchev–Trinajstić information content (AvgIpc) is 3.30. The minimum atomic E-state index is -3.65. The summed E-state index contributed by atoms with van der Waals surface area (Å²) in [6.07, 6.45) is 3.07. The number of hydrogen-bond acceptors (Lipinski definition) is 3. The van der Waals surface area contributed by atoms with E-state index in [2.05, 4.69) is 11.4 Å². The fourth-order valence-electron chi connectivity index (χ4n) is 3.99. The maximum absolute atomic E-state index is 12.9. The van der Waals surface area contributed by atoms with Gasteiger partial charge in [0.25, 0.3) is 0 Å². The van der Waals surface area contributed by atoms with Crippen molar-refractivity contribution in [1.29, 1.82) is 0 Å². The molecule has 0 radical (unpaired) electrons. The number of nitrogens with one attached hydrogen (secondary N) is 1. The highest BCUT2D eigenvalue weighted by Gasteiger charge is 2.40. The SMILES string of the molecule is O=C(NC1CCc2ccccc21)C1CCCN1S(=O)(=O)c1ccccc1. The molecule has 1 aliphatic carbocycles. The van der Waals surface area contributed by atoms with E-state index in [9.17, 15) is 13.2 Å². The van der Waals surface area contributed by atoms with E-state index >= 15 is 0 Å². The molecule has 0 saturated carbocycles. The Morgan fingerprint density at radius 1 is 1.00 bits per heavy atom. The molecule has 0 aromatic heterocycles. The Kier molecular flexibility index (Phi) is 4.54. The molecule has 136 valence electrons. The van der Waals surface area contributed by atoms with Gasteiger partial charge in [0.05, 0.1) is 10.9 Å². The van der Waals surface area contributed by atoms with Crippen molar-refractivity contribution in [1.82, 2.24) is 9.62 Å². The first-order valence-corrected chi connectivity index (χ1v) is 10.5. The van der Waals surface area contributed by atoms with Crippen LogP contribution in [0.1, 0.15) is 36.4 Å². The van der Waals surface area contributed by atoms with Crippen LogP contribution in [0, 0.1) is 0 Å². The summed E-state index contributed by atoms with van der Waals surface area (Å²) in [5, 5.41) is 3.09. The number of carbonyl (C=O) groups is 1. The lowest BCUT2D eigenvalue weighted by Crippen LogP contribution is -2.46. The van der Waals surface area contributed by atoms with E-state index in [4.69, 9.17) is 0 Å². The molecule has 4 rings (SSSR count). The molecule has 1 saturated heterocycles. The van der Waals surface area contributed by atoms with Crippen molar-refractivity contribution >= 4 is 15.9 Å². The zero-order valence-electron chi connectivity index (χ0n) is 14.5. The number of rotatable bonds is 4. The van der Waals surface area contributed by atoms with Gasteiger partial charge < -0.3 is 5.32 Å². The number of fused-ring (bicyclic) bond motifs is 1. The molecule has 1 amide bonds. The topological polar surface area (TPSA) is 66.5 Å². The van der Waals surface area contributed by atoms with Gasteiger partial charge in [0.1, 0.15) is 6.04 Å². The fraction of sp³-hybridized carbons (Fsp3) is 0.350. The summed E-state index contributed by atoms with van der Waals surface area (Å²) >= 11 is 0. The summed E-state index contributed by atoms with van der Waals surface area (Å²) in [5.74, 6) is -0.191. The molecule has 2 aliphatic rings. The van der Waals surface area contributed by atoms with Crippen LogP contribution in [0.4, 0.5) is 0 Å². The second-order valence-electron chi connectivity index (χ2n) is 6.89. The Morgan fingerprint density at radius 2 is 1.73 bits per heavy atom. The van der Waals surface area contributed by atoms with Crippen molar-refractivity contribution in [2.24, 2.45) is 0 Å². The first kappa shape index (κ1) is 17.2. The molecule has 6 heteroatoms. The number of amides is 1. The van der Waals surface area contributed by atoms with E-state index in [-0.39, 0.29) is 16.8 Å². The fourth-order valence-corrected chi connectivity index (χ4v) is 5.67. The van der Waals surface area contributed by atoms with Gasteiger partial charge in [0.2, 0.25) is 15.9 Å². The van der Waals surface area contributed by atoms with E-state index in [1.54, 1.807) is 30.3 Å². The number of hydrogen-bond donors (Lipinski definition) is 1. The quantitative estimate of drug-likeness (QED) is 0.900. The highest BCUT2D eigenvalue weighted by molar-refractivity contribution is 7.89. The van der Waals surface area contributed by atoms with Crippen LogP contribution < -0.4 is 5.32 Å². The van der Waals surface area contributed by atoms with Crippen LogP contribution in [0.5, 0.6) is 0 Å². The third-order valence-electron chi connectivity index (χ3n) is 5.31. The highest BCUT2D eigenvalue weighted by Crippen LogP contribution is 2.32. The van der Waals surface area contributed by atoms with E-state index in [0.29, 0.717) is 19.4 Å². The third kappa shape index (κ3) is 3.04. The second-order valence-corrected chi connectivity index (χ2v) is 8.78. The average molecular weight is 370 g/mol. The van der Waals surface area contributed by atoms with Gasteiger partial charge in [0, 0.05) is 6.54 Å². The lowest BCUT2D eigenvalue weighted by Gasteiger charge is -2.25. The Bertz CT molecular complexity index is 912. The molecule has 1 heterocycles. The Labute approximate surface area is 154 Å². The van der Waals surface area contributed by atoms with Crippen LogP contribution in [0.3, 0.4) is 0 Å². The lowest BCUT2D eigenvalue weighted by atomic mass is 10.1. The summed E-state index contributed by atoms with van der Waals surface area (Å²) in [6.45, 7) is 0.385. The molecule has 1 fully saturated rings. The zero-order chi connectivity index (χ0) is 18.1. The molecule has 2 aromatic rings. The molecule has 2 atom stereocenters. The molecular weight excluding hydrogens is 348 g/mol. The van der Waals surface area contributed by atoms with Gasteiger partial charge in [0.15, 0.2) is 0 Å². The van der Waals surface area contributed by atoms with E-state index in [1.807, 2.05) is 18.2 Å². The zero-order valence-corrected chi connectivity index (χ0v) is 15.3. The van der Waals surface area contributed by atoms with Gasteiger partial charge in [-0.3, -0.25) is 4.79 Å². The van der Waals surface area contributed by atoms with Crippen molar-refractivity contribution < 1.29 is 13.2 Å². The van der Waals surface area contributed by atoms with Crippen LogP contribution in [-0.2, 0) is 21.2 Å². The van der Waals surface area contributed by atoms with Crippen LogP contribution in [0.25, 0.3) is 0 Å². The Hall–Kier alpha value is -2.18. The number of aryl methyl sites for hydroxylation is 1. The molecule has 2 aromatic carbocycles. The number of nitrogens with zero attached hydrogens (tertiary/aromatic N) is 1. The summed E-state index contributed by atoms with van der Waals surface area (Å²) in [6, 6.07) is 15.8. The van der Waals surface area contributed by atoms with Gasteiger partial charge in [-0.25, -0.2) is 8.42 Å². The number of carbonyl (C=O) groups excluding carboxylic acids is 1. The minimum absolute atomic E-state index is 0.0272. The largest absolute Gasteiger partial charge is 0.348 e. The van der Waals surface area contributed by atoms with Gasteiger partial charge in [-0.1, -0.05) is 42.5 Å². The van der Waals surface area contributed by atoms with Gasteiger partial charge >= 0.3 is 0 Å². The van der Waals surface area contributed by atoms with Crippen LogP contribution in [-0.4, -0.2) is 31.2 Å². The van der Waals surface area contributed by atoms with Gasteiger partial charge in [-0.2, -0.15) is 4.31 Å². The van der Waals surface area contributed by atoms with Crippen molar-refractivity contribution in [3.05, 3.63) is 65.7 Å². The first-order chi connectivity index (χ1) is 12.6. The predicted molar refractivity (Wildman–Crippen MR) is 99.0 cm³/mol. The maximum Gasteiger partial charge on any atom is 0.243 e. The van der Waals surface area contributed by atoms with Crippen LogP contribution in [0.2, 0.25) is 0 Å². The maximum atomic E-state index is 12.9. The molecule has 26 heavy (non-hydrogen) atoms. The summed E-state index contributed by atoms with van der Waals surface area (Å²) in [7, 11) is -3.65. The number of sulfonamides is 1.